The van der Waals surface area contributed by atoms with Crippen LogP contribution in [0.4, 0.5) is 0 Å². The SMILES string of the molecule is CCCOc1cccc(-c2nnc(CCC(=O)NCC(C)C)c(=O)[nH]2)c1. The molecule has 26 heavy (non-hydrogen) atoms. The van der Waals surface area contributed by atoms with Crippen LogP contribution in [0.25, 0.3) is 11.4 Å². The molecule has 1 amide bonds. The van der Waals surface area contributed by atoms with Crippen LogP contribution in [-0.4, -0.2) is 34.2 Å². The number of carbonyl (C=O) groups is 1. The number of aromatic amines is 1. The van der Waals surface area contributed by atoms with E-state index in [1.165, 1.54) is 0 Å². The molecule has 2 N–H and O–H groups in total. The van der Waals surface area contributed by atoms with Crippen molar-refractivity contribution in [3.05, 3.63) is 40.3 Å². The van der Waals surface area contributed by atoms with Crippen LogP contribution in [0.15, 0.2) is 29.1 Å². The van der Waals surface area contributed by atoms with Gasteiger partial charge in [-0.3, -0.25) is 9.59 Å². The maximum absolute atomic E-state index is 12.2. The van der Waals surface area contributed by atoms with E-state index in [0.29, 0.717) is 24.9 Å². The Kier molecular flexibility index (Phi) is 7.32. The van der Waals surface area contributed by atoms with E-state index < -0.39 is 0 Å². The maximum atomic E-state index is 12.2. The molecule has 140 valence electrons. The van der Waals surface area contributed by atoms with Crippen LogP contribution in [0.3, 0.4) is 0 Å². The van der Waals surface area contributed by atoms with Crippen molar-refractivity contribution in [3.63, 3.8) is 0 Å². The average Bonchev–Trinajstić information content (AvgIpc) is 2.63. The quantitative estimate of drug-likeness (QED) is 0.717. The van der Waals surface area contributed by atoms with Gasteiger partial charge in [-0.2, -0.15) is 0 Å². The summed E-state index contributed by atoms with van der Waals surface area (Å²) in [4.78, 5) is 26.7. The van der Waals surface area contributed by atoms with Crippen molar-refractivity contribution in [3.8, 4) is 17.1 Å². The number of nitrogens with zero attached hydrogens (tertiary/aromatic N) is 2. The first-order chi connectivity index (χ1) is 12.5. The number of aromatic nitrogens is 3. The van der Waals surface area contributed by atoms with Crippen molar-refractivity contribution >= 4 is 5.91 Å². The van der Waals surface area contributed by atoms with Crippen molar-refractivity contribution in [2.75, 3.05) is 13.2 Å². The van der Waals surface area contributed by atoms with Crippen LogP contribution in [-0.2, 0) is 11.2 Å². The highest BCUT2D eigenvalue weighted by atomic mass is 16.5. The zero-order valence-electron chi connectivity index (χ0n) is 15.5. The fraction of sp³-hybridized carbons (Fsp3) is 0.474. The van der Waals surface area contributed by atoms with E-state index in [-0.39, 0.29) is 30.0 Å². The second-order valence-corrected chi connectivity index (χ2v) is 6.52. The number of H-pyrrole nitrogens is 1. The Labute approximate surface area is 153 Å². The second kappa shape index (κ2) is 9.70. The average molecular weight is 358 g/mol. The second-order valence-electron chi connectivity index (χ2n) is 6.52. The summed E-state index contributed by atoms with van der Waals surface area (Å²) in [6.45, 7) is 7.34. The molecule has 0 aliphatic heterocycles. The molecule has 0 saturated carbocycles. The van der Waals surface area contributed by atoms with Crippen LogP contribution >= 0.6 is 0 Å². The Hall–Kier alpha value is -2.70. The summed E-state index contributed by atoms with van der Waals surface area (Å²) in [5.74, 6) is 1.39. The molecule has 2 aromatic rings. The molecule has 0 aliphatic rings. The number of hydrogen-bond acceptors (Lipinski definition) is 5. The molecular weight excluding hydrogens is 332 g/mol. The van der Waals surface area contributed by atoms with Gasteiger partial charge < -0.3 is 15.0 Å². The van der Waals surface area contributed by atoms with Crippen molar-refractivity contribution in [1.82, 2.24) is 20.5 Å². The van der Waals surface area contributed by atoms with E-state index in [2.05, 4.69) is 20.5 Å². The van der Waals surface area contributed by atoms with E-state index in [1.807, 2.05) is 45.0 Å². The summed E-state index contributed by atoms with van der Waals surface area (Å²) in [6, 6.07) is 7.34. The largest absolute Gasteiger partial charge is 0.494 e. The minimum atomic E-state index is -0.327. The highest BCUT2D eigenvalue weighted by Gasteiger charge is 2.10. The predicted molar refractivity (Wildman–Crippen MR) is 100 cm³/mol. The van der Waals surface area contributed by atoms with Gasteiger partial charge in [-0.25, -0.2) is 0 Å². The molecule has 0 atom stereocenters. The van der Waals surface area contributed by atoms with Crippen molar-refractivity contribution in [1.29, 1.82) is 0 Å². The highest BCUT2D eigenvalue weighted by molar-refractivity contribution is 5.76. The summed E-state index contributed by atoms with van der Waals surface area (Å²) in [5.41, 5.74) is 0.655. The van der Waals surface area contributed by atoms with Gasteiger partial charge in [0.2, 0.25) is 5.91 Å². The van der Waals surface area contributed by atoms with Gasteiger partial charge in [0.15, 0.2) is 5.82 Å². The minimum Gasteiger partial charge on any atom is -0.494 e. The summed E-state index contributed by atoms with van der Waals surface area (Å²) in [7, 11) is 0. The monoisotopic (exact) mass is 358 g/mol. The van der Waals surface area contributed by atoms with Gasteiger partial charge in [0.05, 0.1) is 6.61 Å². The number of benzene rings is 1. The Morgan fingerprint density at radius 1 is 1.31 bits per heavy atom. The molecule has 0 fully saturated rings. The van der Waals surface area contributed by atoms with Gasteiger partial charge in [0.1, 0.15) is 11.4 Å². The molecule has 0 bridgehead atoms. The molecule has 0 radical (unpaired) electrons. The normalized spacial score (nSPS) is 10.8. The highest BCUT2D eigenvalue weighted by Crippen LogP contribution is 2.20. The Bertz CT molecular complexity index is 786. The summed E-state index contributed by atoms with van der Waals surface area (Å²) < 4.78 is 5.59. The van der Waals surface area contributed by atoms with Crippen LogP contribution in [0.5, 0.6) is 5.75 Å². The van der Waals surface area contributed by atoms with Gasteiger partial charge in [0.25, 0.3) is 5.56 Å². The lowest BCUT2D eigenvalue weighted by Crippen LogP contribution is -2.28. The number of hydrogen-bond donors (Lipinski definition) is 2. The van der Waals surface area contributed by atoms with Gasteiger partial charge in [-0.1, -0.05) is 32.9 Å². The van der Waals surface area contributed by atoms with Crippen molar-refractivity contribution in [2.45, 2.75) is 40.0 Å². The molecule has 0 spiro atoms. The Balaban J connectivity index is 2.03. The molecule has 7 heteroatoms. The molecule has 0 unspecified atom stereocenters. The first-order valence-electron chi connectivity index (χ1n) is 8.95. The summed E-state index contributed by atoms with van der Waals surface area (Å²) >= 11 is 0. The minimum absolute atomic E-state index is 0.0928. The van der Waals surface area contributed by atoms with E-state index in [4.69, 9.17) is 4.74 Å². The number of amides is 1. The fourth-order valence-electron chi connectivity index (χ4n) is 2.25. The first-order valence-corrected chi connectivity index (χ1v) is 8.95. The number of rotatable bonds is 9. The molecule has 1 heterocycles. The fourth-order valence-corrected chi connectivity index (χ4v) is 2.25. The topological polar surface area (TPSA) is 97.0 Å². The van der Waals surface area contributed by atoms with Crippen LogP contribution in [0.1, 0.15) is 39.3 Å². The molecule has 0 aliphatic carbocycles. The third-order valence-electron chi connectivity index (χ3n) is 3.64. The summed E-state index contributed by atoms with van der Waals surface area (Å²) in [6.07, 6.45) is 1.39. The standard InChI is InChI=1S/C19H26N4O3/c1-4-10-26-15-7-5-6-14(11-15)18-21-19(25)16(22-23-18)8-9-17(24)20-12-13(2)3/h5-7,11,13H,4,8-10,12H2,1-3H3,(H,20,24)(H,21,23,25). The Morgan fingerprint density at radius 3 is 2.81 bits per heavy atom. The molecule has 1 aromatic heterocycles. The third kappa shape index (κ3) is 5.98. The van der Waals surface area contributed by atoms with Gasteiger partial charge in [0, 0.05) is 24.9 Å². The van der Waals surface area contributed by atoms with Crippen LogP contribution in [0, 0.1) is 5.92 Å². The van der Waals surface area contributed by atoms with Gasteiger partial charge in [-0.15, -0.1) is 10.2 Å². The molecule has 7 nitrogen and oxygen atoms in total. The number of ether oxygens (including phenoxy) is 1. The van der Waals surface area contributed by atoms with E-state index in [0.717, 1.165) is 17.7 Å². The van der Waals surface area contributed by atoms with E-state index >= 15 is 0 Å². The van der Waals surface area contributed by atoms with Crippen molar-refractivity contribution in [2.24, 2.45) is 5.92 Å². The maximum Gasteiger partial charge on any atom is 0.273 e. The van der Waals surface area contributed by atoms with Crippen molar-refractivity contribution < 1.29 is 9.53 Å². The zero-order chi connectivity index (χ0) is 18.9. The van der Waals surface area contributed by atoms with E-state index in [9.17, 15) is 9.59 Å². The smallest absolute Gasteiger partial charge is 0.273 e. The predicted octanol–water partition coefficient (Wildman–Crippen LogP) is 2.33. The number of aryl methyl sites for hydroxylation is 1. The molecule has 1 aromatic carbocycles. The molecular formula is C19H26N4O3. The van der Waals surface area contributed by atoms with Crippen LogP contribution in [0.2, 0.25) is 0 Å². The lowest BCUT2D eigenvalue weighted by molar-refractivity contribution is -0.121. The van der Waals surface area contributed by atoms with Crippen LogP contribution < -0.4 is 15.6 Å². The number of nitrogens with one attached hydrogen (secondary N) is 2. The summed E-state index contributed by atoms with van der Waals surface area (Å²) in [5, 5.41) is 10.9. The number of carbonyl (C=O) groups excluding carboxylic acids is 1. The van der Waals surface area contributed by atoms with Gasteiger partial charge >= 0.3 is 0 Å². The zero-order valence-corrected chi connectivity index (χ0v) is 15.5. The van der Waals surface area contributed by atoms with E-state index in [1.54, 1.807) is 0 Å². The first kappa shape index (κ1) is 19.6. The lowest BCUT2D eigenvalue weighted by Gasteiger charge is -2.08. The molecule has 0 saturated heterocycles. The third-order valence-corrected chi connectivity index (χ3v) is 3.64. The molecule has 2 rings (SSSR count). The Morgan fingerprint density at radius 2 is 2.12 bits per heavy atom. The lowest BCUT2D eigenvalue weighted by atomic mass is 10.2. The van der Waals surface area contributed by atoms with Gasteiger partial charge in [-0.05, 0) is 24.5 Å².